The third-order valence-corrected chi connectivity index (χ3v) is 2.24. The number of methoxy groups -OCH3 is 1. The van der Waals surface area contributed by atoms with Crippen molar-refractivity contribution >= 4 is 6.29 Å². The topological polar surface area (TPSA) is 35.5 Å². The summed E-state index contributed by atoms with van der Waals surface area (Å²) in [5.74, 6) is 1.28. The molecule has 1 aromatic rings. The maximum atomic E-state index is 10.9. The van der Waals surface area contributed by atoms with Gasteiger partial charge in [0.05, 0.1) is 13.7 Å². The van der Waals surface area contributed by atoms with Gasteiger partial charge < -0.3 is 9.47 Å². The quantitative estimate of drug-likeness (QED) is 0.546. The zero-order valence-electron chi connectivity index (χ0n) is 9.66. The summed E-state index contributed by atoms with van der Waals surface area (Å²) in [6.45, 7) is 6.10. The Kier molecular flexibility index (Phi) is 4.58. The van der Waals surface area contributed by atoms with E-state index in [4.69, 9.17) is 9.47 Å². The highest BCUT2D eigenvalue weighted by atomic mass is 16.5. The van der Waals surface area contributed by atoms with Crippen LogP contribution in [-0.2, 0) is 6.42 Å². The molecule has 0 saturated carbocycles. The van der Waals surface area contributed by atoms with Gasteiger partial charge in [0, 0.05) is 11.1 Å². The Bertz CT molecular complexity index is 383. The maximum Gasteiger partial charge on any atom is 0.165 e. The van der Waals surface area contributed by atoms with Crippen molar-refractivity contribution in [2.24, 2.45) is 0 Å². The number of carbonyl (C=O) groups excluding carboxylic acids is 1. The molecule has 3 nitrogen and oxygen atoms in total. The van der Waals surface area contributed by atoms with Gasteiger partial charge in [0.15, 0.2) is 11.5 Å². The number of ether oxygens (including phenoxy) is 2. The lowest BCUT2D eigenvalue weighted by Gasteiger charge is -2.14. The third kappa shape index (κ3) is 2.42. The Balaban J connectivity index is 3.32. The van der Waals surface area contributed by atoms with Crippen molar-refractivity contribution in [3.63, 3.8) is 0 Å². The SMILES string of the molecule is C=CCc1c(C=O)ccc(OC)c1OCC. The first-order valence-corrected chi connectivity index (χ1v) is 5.17. The van der Waals surface area contributed by atoms with Crippen molar-refractivity contribution in [1.82, 2.24) is 0 Å². The Labute approximate surface area is 95.7 Å². The van der Waals surface area contributed by atoms with E-state index >= 15 is 0 Å². The summed E-state index contributed by atoms with van der Waals surface area (Å²) in [6, 6.07) is 3.47. The van der Waals surface area contributed by atoms with Crippen LogP contribution in [0.2, 0.25) is 0 Å². The van der Waals surface area contributed by atoms with Crippen molar-refractivity contribution in [3.05, 3.63) is 35.9 Å². The molecule has 0 fully saturated rings. The molecule has 1 aromatic carbocycles. The predicted octanol–water partition coefficient (Wildman–Crippen LogP) is 2.63. The summed E-state index contributed by atoms with van der Waals surface area (Å²) >= 11 is 0. The van der Waals surface area contributed by atoms with Gasteiger partial charge in [-0.3, -0.25) is 4.79 Å². The molecular weight excluding hydrogens is 204 g/mol. The zero-order valence-corrected chi connectivity index (χ0v) is 9.66. The summed E-state index contributed by atoms with van der Waals surface area (Å²) in [4.78, 5) is 10.9. The summed E-state index contributed by atoms with van der Waals surface area (Å²) in [5.41, 5.74) is 1.44. The second-order valence-corrected chi connectivity index (χ2v) is 3.21. The Morgan fingerprint density at radius 1 is 1.44 bits per heavy atom. The minimum Gasteiger partial charge on any atom is -0.493 e. The second-order valence-electron chi connectivity index (χ2n) is 3.21. The normalized spacial score (nSPS) is 9.62. The van der Waals surface area contributed by atoms with Crippen LogP contribution in [0.3, 0.4) is 0 Å². The number of hydrogen-bond donors (Lipinski definition) is 0. The van der Waals surface area contributed by atoms with E-state index in [0.29, 0.717) is 30.1 Å². The molecule has 0 aliphatic rings. The fraction of sp³-hybridized carbons (Fsp3) is 0.308. The molecule has 0 aromatic heterocycles. The van der Waals surface area contributed by atoms with Gasteiger partial charge in [-0.1, -0.05) is 6.08 Å². The van der Waals surface area contributed by atoms with E-state index in [1.54, 1.807) is 25.3 Å². The first kappa shape index (κ1) is 12.3. The van der Waals surface area contributed by atoms with Crippen molar-refractivity contribution in [2.75, 3.05) is 13.7 Å². The lowest BCUT2D eigenvalue weighted by atomic mass is 10.0. The molecule has 1 rings (SSSR count). The van der Waals surface area contributed by atoms with Gasteiger partial charge in [-0.25, -0.2) is 0 Å². The van der Waals surface area contributed by atoms with Crippen LogP contribution >= 0.6 is 0 Å². The van der Waals surface area contributed by atoms with Gasteiger partial charge in [0.2, 0.25) is 0 Å². The van der Waals surface area contributed by atoms with Gasteiger partial charge >= 0.3 is 0 Å². The minimum atomic E-state index is 0.531. The highest BCUT2D eigenvalue weighted by Crippen LogP contribution is 2.33. The molecule has 0 radical (unpaired) electrons. The molecule has 0 heterocycles. The molecule has 86 valence electrons. The Morgan fingerprint density at radius 3 is 2.69 bits per heavy atom. The third-order valence-electron chi connectivity index (χ3n) is 2.24. The van der Waals surface area contributed by atoms with Crippen LogP contribution in [0.4, 0.5) is 0 Å². The van der Waals surface area contributed by atoms with Gasteiger partial charge in [0.25, 0.3) is 0 Å². The number of aldehydes is 1. The van der Waals surface area contributed by atoms with E-state index in [1.807, 2.05) is 6.92 Å². The van der Waals surface area contributed by atoms with E-state index in [9.17, 15) is 4.79 Å². The standard InChI is InChI=1S/C13H16O3/c1-4-6-11-10(9-14)7-8-12(15-3)13(11)16-5-2/h4,7-9H,1,5-6H2,2-3H3. The highest BCUT2D eigenvalue weighted by Gasteiger charge is 2.13. The smallest absolute Gasteiger partial charge is 0.165 e. The van der Waals surface area contributed by atoms with Crippen LogP contribution in [0.5, 0.6) is 11.5 Å². The molecule has 0 aliphatic carbocycles. The van der Waals surface area contributed by atoms with E-state index in [0.717, 1.165) is 11.8 Å². The van der Waals surface area contributed by atoms with Gasteiger partial charge in [0.1, 0.15) is 6.29 Å². The molecule has 0 atom stereocenters. The first-order chi connectivity index (χ1) is 7.78. The average Bonchev–Trinajstić information content (AvgIpc) is 2.31. The van der Waals surface area contributed by atoms with E-state index in [1.165, 1.54) is 0 Å². The van der Waals surface area contributed by atoms with Crippen LogP contribution in [0.1, 0.15) is 22.8 Å². The average molecular weight is 220 g/mol. The summed E-state index contributed by atoms with van der Waals surface area (Å²) < 4.78 is 10.7. The fourth-order valence-electron chi connectivity index (χ4n) is 1.55. The highest BCUT2D eigenvalue weighted by molar-refractivity contribution is 5.80. The molecule has 0 aliphatic heterocycles. The number of carbonyl (C=O) groups is 1. The largest absolute Gasteiger partial charge is 0.493 e. The van der Waals surface area contributed by atoms with Crippen molar-refractivity contribution < 1.29 is 14.3 Å². The van der Waals surface area contributed by atoms with Gasteiger partial charge in [-0.2, -0.15) is 0 Å². The molecule has 3 heteroatoms. The van der Waals surface area contributed by atoms with E-state index in [-0.39, 0.29) is 0 Å². The van der Waals surface area contributed by atoms with Crippen molar-refractivity contribution in [1.29, 1.82) is 0 Å². The lowest BCUT2D eigenvalue weighted by molar-refractivity contribution is 0.112. The van der Waals surface area contributed by atoms with Crippen LogP contribution in [-0.4, -0.2) is 20.0 Å². The number of allylic oxidation sites excluding steroid dienone is 1. The molecular formula is C13H16O3. The van der Waals surface area contributed by atoms with Crippen LogP contribution in [0, 0.1) is 0 Å². The van der Waals surface area contributed by atoms with Crippen LogP contribution in [0.25, 0.3) is 0 Å². The molecule has 0 unspecified atom stereocenters. The maximum absolute atomic E-state index is 10.9. The predicted molar refractivity (Wildman–Crippen MR) is 63.5 cm³/mol. The molecule has 16 heavy (non-hydrogen) atoms. The molecule has 0 saturated heterocycles. The van der Waals surface area contributed by atoms with Crippen LogP contribution < -0.4 is 9.47 Å². The second kappa shape index (κ2) is 5.95. The number of rotatable bonds is 6. The molecule has 0 N–H and O–H groups in total. The van der Waals surface area contributed by atoms with Crippen molar-refractivity contribution in [3.8, 4) is 11.5 Å². The molecule has 0 bridgehead atoms. The fourth-order valence-corrected chi connectivity index (χ4v) is 1.55. The van der Waals surface area contributed by atoms with Gasteiger partial charge in [-0.15, -0.1) is 6.58 Å². The number of hydrogen-bond acceptors (Lipinski definition) is 3. The van der Waals surface area contributed by atoms with Crippen molar-refractivity contribution in [2.45, 2.75) is 13.3 Å². The Hall–Kier alpha value is -1.77. The number of benzene rings is 1. The monoisotopic (exact) mass is 220 g/mol. The Morgan fingerprint density at radius 2 is 2.19 bits per heavy atom. The lowest BCUT2D eigenvalue weighted by Crippen LogP contribution is -2.02. The first-order valence-electron chi connectivity index (χ1n) is 5.17. The van der Waals surface area contributed by atoms with Gasteiger partial charge in [-0.05, 0) is 25.5 Å². The van der Waals surface area contributed by atoms with E-state index < -0.39 is 0 Å². The zero-order chi connectivity index (χ0) is 12.0. The molecule has 0 spiro atoms. The van der Waals surface area contributed by atoms with Crippen LogP contribution in [0.15, 0.2) is 24.8 Å². The summed E-state index contributed by atoms with van der Waals surface area (Å²) in [7, 11) is 1.58. The molecule has 0 amide bonds. The summed E-state index contributed by atoms with van der Waals surface area (Å²) in [6.07, 6.45) is 3.14. The van der Waals surface area contributed by atoms with E-state index in [2.05, 4.69) is 6.58 Å². The minimum absolute atomic E-state index is 0.531. The summed E-state index contributed by atoms with van der Waals surface area (Å²) in [5, 5.41) is 0.